The maximum absolute atomic E-state index is 11.2. The van der Waals surface area contributed by atoms with E-state index in [2.05, 4.69) is 5.32 Å². The van der Waals surface area contributed by atoms with Gasteiger partial charge in [0, 0.05) is 32.7 Å². The molecule has 0 unspecified atom stereocenters. The zero-order chi connectivity index (χ0) is 11.5. The van der Waals surface area contributed by atoms with Crippen LogP contribution in [0, 0.1) is 0 Å². The summed E-state index contributed by atoms with van der Waals surface area (Å²) in [6.07, 6.45) is 0. The molecule has 5 nitrogen and oxygen atoms in total. The van der Waals surface area contributed by atoms with Crippen LogP contribution in [-0.4, -0.2) is 66.3 Å². The van der Waals surface area contributed by atoms with Crippen LogP contribution in [0.3, 0.4) is 0 Å². The van der Waals surface area contributed by atoms with Crippen molar-refractivity contribution in [3.8, 4) is 0 Å². The van der Waals surface area contributed by atoms with E-state index >= 15 is 0 Å². The number of hydrogen-bond donors (Lipinski definition) is 2. The average molecular weight is 215 g/mol. The van der Waals surface area contributed by atoms with Crippen LogP contribution in [0.5, 0.6) is 0 Å². The maximum Gasteiger partial charge on any atom is 0.317 e. The summed E-state index contributed by atoms with van der Waals surface area (Å²) < 4.78 is 0. The van der Waals surface area contributed by atoms with Crippen LogP contribution in [0.2, 0.25) is 0 Å². The van der Waals surface area contributed by atoms with Crippen LogP contribution in [0.25, 0.3) is 0 Å². The number of hydrogen-bond acceptors (Lipinski definition) is 3. The third-order valence-electron chi connectivity index (χ3n) is 2.35. The Morgan fingerprint density at radius 3 is 2.73 bits per heavy atom. The molecule has 0 aromatic carbocycles. The van der Waals surface area contributed by atoms with E-state index in [-0.39, 0.29) is 6.03 Å². The van der Waals surface area contributed by atoms with E-state index in [1.54, 1.807) is 18.7 Å². The van der Waals surface area contributed by atoms with Gasteiger partial charge >= 0.3 is 6.03 Å². The summed E-state index contributed by atoms with van der Waals surface area (Å²) in [7, 11) is 1.95. The van der Waals surface area contributed by atoms with Crippen LogP contribution in [0.15, 0.2) is 0 Å². The number of carbonyl (C=O) groups excluding carboxylic acids is 1. The minimum absolute atomic E-state index is 0.0201. The predicted octanol–water partition coefficient (Wildman–Crippen LogP) is -0.286. The van der Waals surface area contributed by atoms with Gasteiger partial charge in [-0.05, 0) is 20.9 Å². The molecule has 0 atom stereocenters. The number of rotatable bonds is 5. The lowest BCUT2D eigenvalue weighted by atomic mass is 10.1. The fraction of sp³-hybridized carbons (Fsp3) is 0.900. The second-order valence-electron chi connectivity index (χ2n) is 4.77. The van der Waals surface area contributed by atoms with Gasteiger partial charge in [0.1, 0.15) is 0 Å². The zero-order valence-corrected chi connectivity index (χ0v) is 9.79. The van der Waals surface area contributed by atoms with Gasteiger partial charge in [-0.2, -0.15) is 0 Å². The van der Waals surface area contributed by atoms with Crippen molar-refractivity contribution in [2.75, 3.05) is 39.8 Å². The Kier molecular flexibility index (Phi) is 3.93. The third kappa shape index (κ3) is 4.48. The molecule has 1 heterocycles. The highest BCUT2D eigenvalue weighted by Crippen LogP contribution is 2.03. The molecule has 0 spiro atoms. The number of aliphatic hydroxyl groups is 1. The number of nitrogens with zero attached hydrogens (tertiary/aromatic N) is 2. The fourth-order valence-electron chi connectivity index (χ4n) is 1.76. The minimum atomic E-state index is -0.679. The number of urea groups is 1. The molecule has 2 amide bonds. The zero-order valence-electron chi connectivity index (χ0n) is 9.79. The molecule has 0 saturated carbocycles. The van der Waals surface area contributed by atoms with Gasteiger partial charge in [-0.15, -0.1) is 0 Å². The summed E-state index contributed by atoms with van der Waals surface area (Å²) >= 11 is 0. The lowest BCUT2D eigenvalue weighted by Gasteiger charge is -2.26. The first-order valence-electron chi connectivity index (χ1n) is 5.32. The highest BCUT2D eigenvalue weighted by Gasteiger charge is 2.20. The summed E-state index contributed by atoms with van der Waals surface area (Å²) in [5, 5.41) is 12.4. The SMILES string of the molecule is CN(CCN1CCNC1=O)CC(C)(C)O. The van der Waals surface area contributed by atoms with Gasteiger partial charge in [0.15, 0.2) is 0 Å². The van der Waals surface area contributed by atoms with Crippen molar-refractivity contribution in [2.24, 2.45) is 0 Å². The van der Waals surface area contributed by atoms with Gasteiger partial charge in [-0.1, -0.05) is 0 Å². The average Bonchev–Trinajstić information content (AvgIpc) is 2.44. The summed E-state index contributed by atoms with van der Waals surface area (Å²) in [5.74, 6) is 0. The largest absolute Gasteiger partial charge is 0.389 e. The van der Waals surface area contributed by atoms with Crippen molar-refractivity contribution in [2.45, 2.75) is 19.4 Å². The normalized spacial score (nSPS) is 17.4. The lowest BCUT2D eigenvalue weighted by Crippen LogP contribution is -2.41. The van der Waals surface area contributed by atoms with E-state index in [0.717, 1.165) is 26.2 Å². The minimum Gasteiger partial charge on any atom is -0.389 e. The second kappa shape index (κ2) is 4.81. The molecule has 0 aromatic heterocycles. The molecular weight excluding hydrogens is 194 g/mol. The van der Waals surface area contributed by atoms with E-state index in [9.17, 15) is 9.90 Å². The van der Waals surface area contributed by atoms with Gasteiger partial charge in [0.2, 0.25) is 0 Å². The van der Waals surface area contributed by atoms with Crippen molar-refractivity contribution in [1.29, 1.82) is 0 Å². The van der Waals surface area contributed by atoms with E-state index < -0.39 is 5.60 Å². The Morgan fingerprint density at radius 2 is 2.27 bits per heavy atom. The molecule has 1 rings (SSSR count). The molecule has 88 valence electrons. The third-order valence-corrected chi connectivity index (χ3v) is 2.35. The van der Waals surface area contributed by atoms with E-state index in [1.165, 1.54) is 0 Å². The topological polar surface area (TPSA) is 55.8 Å². The molecule has 1 fully saturated rings. The number of amides is 2. The monoisotopic (exact) mass is 215 g/mol. The molecule has 1 aliphatic heterocycles. The number of carbonyl (C=O) groups is 1. The lowest BCUT2D eigenvalue weighted by molar-refractivity contribution is 0.0432. The Balaban J connectivity index is 2.22. The van der Waals surface area contributed by atoms with Gasteiger partial charge in [-0.25, -0.2) is 4.79 Å². The van der Waals surface area contributed by atoms with Crippen molar-refractivity contribution < 1.29 is 9.90 Å². The second-order valence-corrected chi connectivity index (χ2v) is 4.77. The molecule has 5 heteroatoms. The van der Waals surface area contributed by atoms with Crippen molar-refractivity contribution in [3.63, 3.8) is 0 Å². The van der Waals surface area contributed by atoms with Crippen LogP contribution >= 0.6 is 0 Å². The van der Waals surface area contributed by atoms with Crippen LogP contribution in [0.4, 0.5) is 4.79 Å². The summed E-state index contributed by atoms with van der Waals surface area (Å²) in [5.41, 5.74) is -0.679. The van der Waals surface area contributed by atoms with Crippen LogP contribution in [0.1, 0.15) is 13.8 Å². The fourth-order valence-corrected chi connectivity index (χ4v) is 1.76. The summed E-state index contributed by atoms with van der Waals surface area (Å²) in [6, 6.07) is 0.0201. The van der Waals surface area contributed by atoms with Gasteiger partial charge in [0.05, 0.1) is 5.60 Å². The Hall–Kier alpha value is -0.810. The van der Waals surface area contributed by atoms with Crippen LogP contribution in [-0.2, 0) is 0 Å². The van der Waals surface area contributed by atoms with Crippen LogP contribution < -0.4 is 5.32 Å². The molecule has 15 heavy (non-hydrogen) atoms. The van der Waals surface area contributed by atoms with Crippen molar-refractivity contribution in [1.82, 2.24) is 15.1 Å². The molecule has 0 radical (unpaired) electrons. The smallest absolute Gasteiger partial charge is 0.317 e. The molecule has 0 aliphatic carbocycles. The standard InChI is InChI=1S/C10H21N3O2/c1-10(2,15)8-12(3)6-7-13-5-4-11-9(13)14/h15H,4-8H2,1-3H3,(H,11,14). The summed E-state index contributed by atoms with van der Waals surface area (Å²) in [4.78, 5) is 15.0. The molecule has 0 aromatic rings. The summed E-state index contributed by atoms with van der Waals surface area (Å²) in [6.45, 7) is 7.22. The molecule has 2 N–H and O–H groups in total. The van der Waals surface area contributed by atoms with Crippen molar-refractivity contribution >= 4 is 6.03 Å². The quantitative estimate of drug-likeness (QED) is 0.663. The first-order valence-corrected chi connectivity index (χ1v) is 5.32. The molecular formula is C10H21N3O2. The predicted molar refractivity (Wildman–Crippen MR) is 58.8 cm³/mol. The highest BCUT2D eigenvalue weighted by molar-refractivity contribution is 5.76. The van der Waals surface area contributed by atoms with E-state index in [0.29, 0.717) is 6.54 Å². The highest BCUT2D eigenvalue weighted by atomic mass is 16.3. The van der Waals surface area contributed by atoms with Gasteiger partial charge in [0.25, 0.3) is 0 Å². The van der Waals surface area contributed by atoms with Gasteiger partial charge < -0.3 is 20.2 Å². The Labute approximate surface area is 91.0 Å². The maximum atomic E-state index is 11.2. The Bertz CT molecular complexity index is 225. The molecule has 1 aliphatic rings. The molecule has 1 saturated heterocycles. The molecule has 0 bridgehead atoms. The Morgan fingerprint density at radius 1 is 1.60 bits per heavy atom. The van der Waals surface area contributed by atoms with E-state index in [4.69, 9.17) is 0 Å². The first kappa shape index (κ1) is 12.3. The van der Waals surface area contributed by atoms with Crippen molar-refractivity contribution in [3.05, 3.63) is 0 Å². The number of likely N-dealkylation sites (N-methyl/N-ethyl adjacent to an activating group) is 1. The van der Waals surface area contributed by atoms with Gasteiger partial charge in [-0.3, -0.25) is 0 Å². The van der Waals surface area contributed by atoms with E-state index in [1.807, 2.05) is 11.9 Å². The number of nitrogens with one attached hydrogen (secondary N) is 1. The first-order chi connectivity index (χ1) is 6.88.